The largest absolute Gasteiger partial charge is 0.484 e. The van der Waals surface area contributed by atoms with E-state index in [0.717, 1.165) is 29.1 Å². The van der Waals surface area contributed by atoms with Crippen LogP contribution in [0, 0.1) is 11.3 Å². The zero-order valence-corrected chi connectivity index (χ0v) is 21.1. The number of rotatable bonds is 4. The Morgan fingerprint density at radius 1 is 1.22 bits per heavy atom. The number of thiocarbonyl (C=S) groups is 1. The quantitative estimate of drug-likeness (QED) is 0.579. The predicted octanol–water partition coefficient (Wildman–Crippen LogP) is 4.61. The van der Waals surface area contributed by atoms with Crippen molar-refractivity contribution in [2.24, 2.45) is 0 Å². The number of anilines is 3. The average Bonchev–Trinajstić information content (AvgIpc) is 3.08. The van der Waals surface area contributed by atoms with Gasteiger partial charge in [0.05, 0.1) is 41.7 Å². The lowest BCUT2D eigenvalue weighted by Gasteiger charge is -2.44. The summed E-state index contributed by atoms with van der Waals surface area (Å²) in [6, 6.07) is 10.3. The van der Waals surface area contributed by atoms with E-state index in [1.54, 1.807) is 23.1 Å². The Balaban J connectivity index is 1.58. The zero-order chi connectivity index (χ0) is 26.7. The van der Waals surface area contributed by atoms with E-state index in [1.807, 2.05) is 19.9 Å². The Hall–Kier alpha value is -3.36. The zero-order valence-electron chi connectivity index (χ0n) is 20.2. The standard InChI is InChI=1S/C26H25F3N4O3S/c1-15(2)31-13-19(14-34)36-22-7-6-18(11-21(22)31)33-24(37)32(23(35)25(33)8-3-9-25)17-5-4-16(12-30)20(10-17)26(27,28)29/h4-7,10-11,15,19,34H,3,8-9,13-14H2,1-2H3. The smallest absolute Gasteiger partial charge is 0.417 e. The molecular weight excluding hydrogens is 505 g/mol. The van der Waals surface area contributed by atoms with Gasteiger partial charge < -0.3 is 19.6 Å². The van der Waals surface area contributed by atoms with Crippen molar-refractivity contribution in [2.75, 3.05) is 27.9 Å². The number of ether oxygens (including phenoxy) is 1. The van der Waals surface area contributed by atoms with Crippen LogP contribution in [0.3, 0.4) is 0 Å². The van der Waals surface area contributed by atoms with Crippen LogP contribution in [0.1, 0.15) is 44.2 Å². The van der Waals surface area contributed by atoms with E-state index < -0.39 is 22.8 Å². The van der Waals surface area contributed by atoms with Crippen molar-refractivity contribution in [3.05, 3.63) is 47.5 Å². The van der Waals surface area contributed by atoms with Crippen LogP contribution in [0.25, 0.3) is 0 Å². The fourth-order valence-corrected chi connectivity index (χ4v) is 5.77. The Bertz CT molecular complexity index is 1320. The van der Waals surface area contributed by atoms with E-state index in [-0.39, 0.29) is 35.5 Å². The maximum Gasteiger partial charge on any atom is 0.417 e. The molecule has 0 bridgehead atoms. The number of aliphatic hydroxyl groups excluding tert-OH is 1. The lowest BCUT2D eigenvalue weighted by atomic mass is 9.75. The molecule has 1 saturated carbocycles. The summed E-state index contributed by atoms with van der Waals surface area (Å²) in [7, 11) is 0. The molecule has 2 aromatic rings. The average molecular weight is 531 g/mol. The van der Waals surface area contributed by atoms with Gasteiger partial charge in [0.25, 0.3) is 5.91 Å². The highest BCUT2D eigenvalue weighted by Crippen LogP contribution is 2.50. The number of carbonyl (C=O) groups is 1. The molecule has 37 heavy (non-hydrogen) atoms. The molecule has 1 saturated heterocycles. The molecule has 2 heterocycles. The van der Waals surface area contributed by atoms with Gasteiger partial charge in [-0.25, -0.2) is 0 Å². The van der Waals surface area contributed by atoms with Gasteiger partial charge in [-0.1, -0.05) is 0 Å². The summed E-state index contributed by atoms with van der Waals surface area (Å²) in [5.41, 5.74) is -1.21. The topological polar surface area (TPSA) is 80.0 Å². The number of amides is 1. The van der Waals surface area contributed by atoms with Gasteiger partial charge in [-0.3, -0.25) is 9.69 Å². The van der Waals surface area contributed by atoms with Crippen molar-refractivity contribution >= 4 is 40.3 Å². The van der Waals surface area contributed by atoms with Gasteiger partial charge in [-0.05, 0) is 81.7 Å². The number of nitrogens with zero attached hydrogens (tertiary/aromatic N) is 4. The minimum atomic E-state index is -4.76. The summed E-state index contributed by atoms with van der Waals surface area (Å²) in [5.74, 6) is 0.220. The highest BCUT2D eigenvalue weighted by Gasteiger charge is 2.59. The number of benzene rings is 2. The summed E-state index contributed by atoms with van der Waals surface area (Å²) in [6.45, 7) is 4.41. The maximum absolute atomic E-state index is 13.8. The summed E-state index contributed by atoms with van der Waals surface area (Å²) in [6.07, 6.45) is -3.32. The van der Waals surface area contributed by atoms with Crippen LogP contribution in [0.4, 0.5) is 30.2 Å². The molecule has 0 aromatic heterocycles. The number of aliphatic hydroxyl groups is 1. The maximum atomic E-state index is 13.8. The molecule has 1 N–H and O–H groups in total. The molecule has 194 valence electrons. The van der Waals surface area contributed by atoms with Crippen LogP contribution < -0.4 is 19.4 Å². The van der Waals surface area contributed by atoms with Crippen LogP contribution in [0.2, 0.25) is 0 Å². The fraction of sp³-hybridized carbons (Fsp3) is 0.423. The molecule has 11 heteroatoms. The van der Waals surface area contributed by atoms with E-state index in [2.05, 4.69) is 4.90 Å². The number of fused-ring (bicyclic) bond motifs is 1. The minimum absolute atomic E-state index is 0.0222. The van der Waals surface area contributed by atoms with Gasteiger partial charge in [0, 0.05) is 11.7 Å². The molecule has 1 aliphatic carbocycles. The molecule has 1 unspecified atom stereocenters. The molecular formula is C26H25F3N4O3S. The van der Waals surface area contributed by atoms with Crippen molar-refractivity contribution in [3.8, 4) is 11.8 Å². The number of hydrogen-bond acceptors (Lipinski definition) is 6. The number of alkyl halides is 3. The Morgan fingerprint density at radius 3 is 2.49 bits per heavy atom. The number of halogens is 3. The molecule has 2 aromatic carbocycles. The van der Waals surface area contributed by atoms with Crippen LogP contribution in [-0.4, -0.2) is 47.0 Å². The second-order valence-electron chi connectivity index (χ2n) is 9.80. The lowest BCUT2D eigenvalue weighted by Crippen LogP contribution is -2.55. The number of nitriles is 1. The van der Waals surface area contributed by atoms with Crippen molar-refractivity contribution in [1.82, 2.24) is 0 Å². The molecule has 3 aliphatic rings. The molecule has 7 nitrogen and oxygen atoms in total. The van der Waals surface area contributed by atoms with Gasteiger partial charge in [-0.15, -0.1) is 0 Å². The van der Waals surface area contributed by atoms with Gasteiger partial charge in [0.15, 0.2) is 5.11 Å². The van der Waals surface area contributed by atoms with Crippen LogP contribution in [-0.2, 0) is 11.0 Å². The first-order valence-electron chi connectivity index (χ1n) is 12.0. The highest BCUT2D eigenvalue weighted by molar-refractivity contribution is 7.81. The SMILES string of the molecule is CC(C)N1CC(CO)Oc2ccc(N3C(=S)N(c4ccc(C#N)c(C(F)(F)F)c4)C(=O)C34CCC4)cc21. The molecule has 0 radical (unpaired) electrons. The Kier molecular flexibility index (Phi) is 6.08. The summed E-state index contributed by atoms with van der Waals surface area (Å²) in [4.78, 5) is 18.8. The first-order chi connectivity index (χ1) is 17.5. The molecule has 2 aliphatic heterocycles. The molecule has 1 spiro atoms. The van der Waals surface area contributed by atoms with E-state index >= 15 is 0 Å². The summed E-state index contributed by atoms with van der Waals surface area (Å²) in [5, 5.41) is 18.9. The molecule has 5 rings (SSSR count). The lowest BCUT2D eigenvalue weighted by molar-refractivity contribution is -0.137. The van der Waals surface area contributed by atoms with Gasteiger partial charge in [-0.2, -0.15) is 18.4 Å². The monoisotopic (exact) mass is 530 g/mol. The van der Waals surface area contributed by atoms with Crippen LogP contribution in [0.15, 0.2) is 36.4 Å². The van der Waals surface area contributed by atoms with Crippen molar-refractivity contribution < 1.29 is 27.8 Å². The Morgan fingerprint density at radius 2 is 1.92 bits per heavy atom. The number of hydrogen-bond donors (Lipinski definition) is 1. The highest BCUT2D eigenvalue weighted by atomic mass is 32.1. The predicted molar refractivity (Wildman–Crippen MR) is 136 cm³/mol. The van der Waals surface area contributed by atoms with E-state index in [0.29, 0.717) is 30.8 Å². The van der Waals surface area contributed by atoms with Crippen molar-refractivity contribution in [3.63, 3.8) is 0 Å². The number of carbonyl (C=O) groups excluding carboxylic acids is 1. The van der Waals surface area contributed by atoms with E-state index in [1.165, 1.54) is 6.07 Å². The van der Waals surface area contributed by atoms with Gasteiger partial charge in [0.1, 0.15) is 17.4 Å². The normalized spacial score (nSPS) is 20.7. The van der Waals surface area contributed by atoms with E-state index in [4.69, 9.17) is 22.2 Å². The Labute approximate surface area is 217 Å². The second kappa shape index (κ2) is 8.89. The molecule has 2 fully saturated rings. The molecule has 1 atom stereocenters. The van der Waals surface area contributed by atoms with Gasteiger partial charge in [0.2, 0.25) is 0 Å². The van der Waals surface area contributed by atoms with Crippen molar-refractivity contribution in [2.45, 2.75) is 57.0 Å². The van der Waals surface area contributed by atoms with Crippen molar-refractivity contribution in [1.29, 1.82) is 5.26 Å². The second-order valence-corrected chi connectivity index (χ2v) is 10.2. The summed E-state index contributed by atoms with van der Waals surface area (Å²) < 4.78 is 46.9. The first-order valence-corrected chi connectivity index (χ1v) is 12.4. The fourth-order valence-electron chi connectivity index (χ4n) is 5.30. The molecule has 1 amide bonds. The summed E-state index contributed by atoms with van der Waals surface area (Å²) >= 11 is 5.73. The van der Waals surface area contributed by atoms with Crippen LogP contribution in [0.5, 0.6) is 5.75 Å². The third-order valence-electron chi connectivity index (χ3n) is 7.31. The third kappa shape index (κ3) is 3.90. The minimum Gasteiger partial charge on any atom is -0.484 e. The van der Waals surface area contributed by atoms with Gasteiger partial charge >= 0.3 is 6.18 Å². The first kappa shape index (κ1) is 25.3. The van der Waals surface area contributed by atoms with Crippen LogP contribution >= 0.6 is 12.2 Å². The third-order valence-corrected chi connectivity index (χ3v) is 7.68. The van der Waals surface area contributed by atoms with E-state index in [9.17, 15) is 23.1 Å².